The molecule has 1 saturated heterocycles. The third-order valence-corrected chi connectivity index (χ3v) is 3.24. The zero-order chi connectivity index (χ0) is 11.3. The molecular weight excluding hydrogens is 212 g/mol. The Bertz CT molecular complexity index is 214. The topological polar surface area (TPSA) is 55.6 Å². The quantitative estimate of drug-likeness (QED) is 0.741. The van der Waals surface area contributed by atoms with E-state index in [-0.39, 0.29) is 18.1 Å². The molecular formula is C10H20N2O2S. The number of nitrogens with two attached hydrogens (primary N) is 1. The fraction of sp³-hybridized carbons (Fsp3) is 0.900. The van der Waals surface area contributed by atoms with Gasteiger partial charge in [0.25, 0.3) is 5.91 Å². The van der Waals surface area contributed by atoms with Gasteiger partial charge in [-0.05, 0) is 19.1 Å². The van der Waals surface area contributed by atoms with E-state index in [0.717, 1.165) is 25.1 Å². The maximum absolute atomic E-state index is 11.9. The monoisotopic (exact) mass is 232 g/mol. The molecule has 0 aromatic carbocycles. The highest BCUT2D eigenvalue weighted by Gasteiger charge is 2.31. The number of nitrogens with zero attached hydrogens (tertiary/aromatic N) is 1. The maximum Gasteiger partial charge on any atom is 0.251 e. The van der Waals surface area contributed by atoms with E-state index in [0.29, 0.717) is 6.54 Å². The molecule has 1 aliphatic rings. The summed E-state index contributed by atoms with van der Waals surface area (Å²) in [7, 11) is 1.83. The Balaban J connectivity index is 2.33. The van der Waals surface area contributed by atoms with E-state index in [2.05, 4.69) is 0 Å². The fourth-order valence-corrected chi connectivity index (χ4v) is 2.10. The van der Waals surface area contributed by atoms with E-state index in [4.69, 9.17) is 10.5 Å². The molecule has 88 valence electrons. The van der Waals surface area contributed by atoms with Crippen molar-refractivity contribution in [2.45, 2.75) is 25.0 Å². The summed E-state index contributed by atoms with van der Waals surface area (Å²) in [5.41, 5.74) is 5.50. The zero-order valence-electron chi connectivity index (χ0n) is 9.44. The first-order valence-corrected chi connectivity index (χ1v) is 6.68. The Labute approximate surface area is 95.5 Å². The molecule has 1 aliphatic heterocycles. The predicted molar refractivity (Wildman–Crippen MR) is 63.0 cm³/mol. The number of carbonyl (C=O) groups excluding carboxylic acids is 1. The van der Waals surface area contributed by atoms with Crippen molar-refractivity contribution >= 4 is 17.7 Å². The Hall–Kier alpha value is -0.260. The van der Waals surface area contributed by atoms with Gasteiger partial charge in [-0.25, -0.2) is 0 Å². The van der Waals surface area contributed by atoms with Crippen LogP contribution in [0.1, 0.15) is 12.8 Å². The molecule has 1 amide bonds. The molecule has 4 nitrogen and oxygen atoms in total. The molecule has 0 bridgehead atoms. The molecule has 0 aromatic heterocycles. The minimum Gasteiger partial charge on any atom is -0.364 e. The average Bonchev–Trinajstić information content (AvgIpc) is 2.73. The number of ether oxygens (including phenoxy) is 1. The maximum atomic E-state index is 11.9. The number of carbonyl (C=O) groups is 1. The number of hydrogen-bond acceptors (Lipinski definition) is 4. The smallest absolute Gasteiger partial charge is 0.251 e. The van der Waals surface area contributed by atoms with Crippen molar-refractivity contribution in [3.63, 3.8) is 0 Å². The minimum absolute atomic E-state index is 0.0768. The number of rotatable bonds is 5. The summed E-state index contributed by atoms with van der Waals surface area (Å²) in [4.78, 5) is 13.6. The zero-order valence-corrected chi connectivity index (χ0v) is 10.3. The van der Waals surface area contributed by atoms with Gasteiger partial charge in [0, 0.05) is 25.9 Å². The lowest BCUT2D eigenvalue weighted by atomic mass is 10.2. The van der Waals surface area contributed by atoms with Crippen LogP contribution in [0.2, 0.25) is 0 Å². The first-order valence-electron chi connectivity index (χ1n) is 5.28. The third kappa shape index (κ3) is 3.66. The number of thioether (sulfide) groups is 1. The van der Waals surface area contributed by atoms with Gasteiger partial charge < -0.3 is 15.4 Å². The molecule has 2 N–H and O–H groups in total. The molecule has 1 rings (SSSR count). The molecule has 0 spiro atoms. The predicted octanol–water partition coefficient (Wildman–Crippen LogP) is 0.314. The fourth-order valence-electron chi connectivity index (χ4n) is 1.64. The van der Waals surface area contributed by atoms with Crippen LogP contribution in [0.25, 0.3) is 0 Å². The lowest BCUT2D eigenvalue weighted by Crippen LogP contribution is -2.38. The lowest BCUT2D eigenvalue weighted by Gasteiger charge is -2.20. The molecule has 2 atom stereocenters. The Morgan fingerprint density at radius 3 is 2.87 bits per heavy atom. The average molecular weight is 232 g/mol. The number of amides is 1. The highest BCUT2D eigenvalue weighted by molar-refractivity contribution is 7.98. The first-order chi connectivity index (χ1) is 7.19. The summed E-state index contributed by atoms with van der Waals surface area (Å²) in [6.45, 7) is 1.30. The summed E-state index contributed by atoms with van der Waals surface area (Å²) in [6, 6.07) is 0. The van der Waals surface area contributed by atoms with Crippen LogP contribution in [0.3, 0.4) is 0 Å². The highest BCUT2D eigenvalue weighted by Crippen LogP contribution is 2.20. The van der Waals surface area contributed by atoms with Crippen LogP contribution < -0.4 is 5.73 Å². The summed E-state index contributed by atoms with van der Waals surface area (Å²) >= 11 is 1.74. The van der Waals surface area contributed by atoms with Crippen LogP contribution in [0.4, 0.5) is 0 Å². The van der Waals surface area contributed by atoms with Crippen molar-refractivity contribution in [3.8, 4) is 0 Å². The molecule has 0 saturated carbocycles. The van der Waals surface area contributed by atoms with Crippen LogP contribution in [-0.4, -0.2) is 55.2 Å². The highest BCUT2D eigenvalue weighted by atomic mass is 32.2. The van der Waals surface area contributed by atoms with Gasteiger partial charge in [-0.1, -0.05) is 0 Å². The second-order valence-corrected chi connectivity index (χ2v) is 4.80. The Kier molecular flexibility index (Phi) is 5.42. The Morgan fingerprint density at radius 1 is 1.60 bits per heavy atom. The normalized spacial score (nSPS) is 25.5. The second kappa shape index (κ2) is 6.35. The van der Waals surface area contributed by atoms with E-state index >= 15 is 0 Å². The van der Waals surface area contributed by atoms with Gasteiger partial charge in [-0.2, -0.15) is 11.8 Å². The SMILES string of the molecule is CSCCN(C)C(=O)C1CCC(CN)O1. The van der Waals surface area contributed by atoms with Gasteiger partial charge in [0.1, 0.15) is 6.10 Å². The second-order valence-electron chi connectivity index (χ2n) is 3.81. The molecule has 5 heteroatoms. The summed E-state index contributed by atoms with van der Waals surface area (Å²) in [5.74, 6) is 1.06. The van der Waals surface area contributed by atoms with Crippen molar-refractivity contribution in [1.82, 2.24) is 4.90 Å². The molecule has 2 unspecified atom stereocenters. The minimum atomic E-state index is -0.259. The molecule has 1 heterocycles. The van der Waals surface area contributed by atoms with E-state index in [1.807, 2.05) is 13.3 Å². The molecule has 0 aromatic rings. The molecule has 1 fully saturated rings. The van der Waals surface area contributed by atoms with Crippen LogP contribution in [0.5, 0.6) is 0 Å². The van der Waals surface area contributed by atoms with E-state index < -0.39 is 0 Å². The van der Waals surface area contributed by atoms with Crippen molar-refractivity contribution in [1.29, 1.82) is 0 Å². The standard InChI is InChI=1S/C10H20N2O2S/c1-12(5-6-15-2)10(13)9-4-3-8(7-11)14-9/h8-9H,3-7,11H2,1-2H3. The van der Waals surface area contributed by atoms with E-state index in [9.17, 15) is 4.79 Å². The van der Waals surface area contributed by atoms with Crippen molar-refractivity contribution in [2.75, 3.05) is 32.1 Å². The van der Waals surface area contributed by atoms with E-state index in [1.54, 1.807) is 16.7 Å². The lowest BCUT2D eigenvalue weighted by molar-refractivity contribution is -0.141. The third-order valence-electron chi connectivity index (χ3n) is 2.65. The summed E-state index contributed by atoms with van der Waals surface area (Å²) in [5, 5.41) is 0. The molecule has 0 radical (unpaired) electrons. The molecule has 15 heavy (non-hydrogen) atoms. The first kappa shape index (κ1) is 12.8. The van der Waals surface area contributed by atoms with Gasteiger partial charge in [0.05, 0.1) is 6.10 Å². The van der Waals surface area contributed by atoms with Crippen molar-refractivity contribution in [3.05, 3.63) is 0 Å². The summed E-state index contributed by atoms with van der Waals surface area (Å²) in [6.07, 6.45) is 3.57. The summed E-state index contributed by atoms with van der Waals surface area (Å²) < 4.78 is 5.55. The van der Waals surface area contributed by atoms with E-state index in [1.165, 1.54) is 0 Å². The Morgan fingerprint density at radius 2 is 2.33 bits per heavy atom. The number of likely N-dealkylation sites (N-methyl/N-ethyl adjacent to an activating group) is 1. The largest absolute Gasteiger partial charge is 0.364 e. The van der Waals surface area contributed by atoms with Gasteiger partial charge in [0.15, 0.2) is 0 Å². The van der Waals surface area contributed by atoms with Crippen LogP contribution in [0.15, 0.2) is 0 Å². The van der Waals surface area contributed by atoms with Gasteiger partial charge in [-0.3, -0.25) is 4.79 Å². The van der Waals surface area contributed by atoms with Gasteiger partial charge >= 0.3 is 0 Å². The van der Waals surface area contributed by atoms with Gasteiger partial charge in [-0.15, -0.1) is 0 Å². The van der Waals surface area contributed by atoms with Crippen LogP contribution in [0, 0.1) is 0 Å². The van der Waals surface area contributed by atoms with Crippen LogP contribution in [-0.2, 0) is 9.53 Å². The van der Waals surface area contributed by atoms with Crippen molar-refractivity contribution < 1.29 is 9.53 Å². The number of hydrogen-bond donors (Lipinski definition) is 1. The van der Waals surface area contributed by atoms with Crippen LogP contribution >= 0.6 is 11.8 Å². The van der Waals surface area contributed by atoms with Gasteiger partial charge in [0.2, 0.25) is 0 Å². The molecule has 0 aliphatic carbocycles. The van der Waals surface area contributed by atoms with Crippen molar-refractivity contribution in [2.24, 2.45) is 5.73 Å².